The third-order valence-corrected chi connectivity index (χ3v) is 6.92. The Morgan fingerprint density at radius 2 is 1.48 bits per heavy atom. The van der Waals surface area contributed by atoms with Crippen molar-refractivity contribution in [1.29, 1.82) is 5.26 Å². The number of carbonyl (C=O) groups is 1. The number of hydrogen-bond acceptors (Lipinski definition) is 2. The summed E-state index contributed by atoms with van der Waals surface area (Å²) in [4.78, 5) is 12.5. The Morgan fingerprint density at radius 1 is 0.926 bits per heavy atom. The Bertz CT molecular complexity index is 495. The molecule has 0 aliphatic heterocycles. The molecule has 3 aliphatic rings. The minimum absolute atomic E-state index is 0.0260. The molecule has 1 unspecified atom stereocenters. The first kappa shape index (κ1) is 22.2. The van der Waals surface area contributed by atoms with Crippen molar-refractivity contribution in [2.24, 2.45) is 17.3 Å². The molecule has 2 bridgehead atoms. The SMILES string of the molecule is CCCCCCCC/C=C/CCCCCCCC(=O)C12CC(CC1C#N)C2. The lowest BCUT2D eigenvalue weighted by atomic mass is 9.63. The Kier molecular flexibility index (Phi) is 10.2. The van der Waals surface area contributed by atoms with E-state index in [1.807, 2.05) is 0 Å². The van der Waals surface area contributed by atoms with Gasteiger partial charge in [0, 0.05) is 11.8 Å². The zero-order valence-electron chi connectivity index (χ0n) is 17.7. The molecule has 3 fully saturated rings. The highest BCUT2D eigenvalue weighted by atomic mass is 16.1. The lowest BCUT2D eigenvalue weighted by Crippen LogP contribution is -2.39. The third-order valence-electron chi connectivity index (χ3n) is 6.92. The first-order chi connectivity index (χ1) is 13.2. The van der Waals surface area contributed by atoms with Crippen LogP contribution in [0.3, 0.4) is 0 Å². The summed E-state index contributed by atoms with van der Waals surface area (Å²) in [6.07, 6.45) is 25.2. The maximum absolute atomic E-state index is 12.5. The summed E-state index contributed by atoms with van der Waals surface area (Å²) < 4.78 is 0. The predicted molar refractivity (Wildman–Crippen MR) is 113 cm³/mol. The first-order valence-electron chi connectivity index (χ1n) is 11.8. The molecule has 152 valence electrons. The van der Waals surface area contributed by atoms with Gasteiger partial charge in [-0.05, 0) is 57.3 Å². The van der Waals surface area contributed by atoms with Gasteiger partial charge in [-0.2, -0.15) is 5.26 Å². The zero-order valence-corrected chi connectivity index (χ0v) is 17.7. The van der Waals surface area contributed by atoms with Gasteiger partial charge in [0.15, 0.2) is 0 Å². The van der Waals surface area contributed by atoms with E-state index in [4.69, 9.17) is 0 Å². The van der Waals surface area contributed by atoms with Gasteiger partial charge in [0.2, 0.25) is 0 Å². The minimum atomic E-state index is -0.208. The Hall–Kier alpha value is -1.10. The van der Waals surface area contributed by atoms with Gasteiger partial charge in [-0.25, -0.2) is 0 Å². The highest BCUT2D eigenvalue weighted by Crippen LogP contribution is 2.62. The maximum Gasteiger partial charge on any atom is 0.140 e. The van der Waals surface area contributed by atoms with E-state index in [9.17, 15) is 10.1 Å². The van der Waals surface area contributed by atoms with Crippen LogP contribution in [0.25, 0.3) is 0 Å². The zero-order chi connectivity index (χ0) is 19.4. The van der Waals surface area contributed by atoms with Crippen molar-refractivity contribution >= 4 is 5.78 Å². The number of ketones is 1. The molecule has 0 N–H and O–H groups in total. The number of hydrogen-bond donors (Lipinski definition) is 0. The van der Waals surface area contributed by atoms with E-state index in [-0.39, 0.29) is 11.3 Å². The minimum Gasteiger partial charge on any atom is -0.299 e. The van der Waals surface area contributed by atoms with Crippen molar-refractivity contribution < 1.29 is 4.79 Å². The summed E-state index contributed by atoms with van der Waals surface area (Å²) in [5, 5.41) is 9.27. The largest absolute Gasteiger partial charge is 0.299 e. The van der Waals surface area contributed by atoms with Crippen LogP contribution in [0.4, 0.5) is 0 Å². The summed E-state index contributed by atoms with van der Waals surface area (Å²) >= 11 is 0. The van der Waals surface area contributed by atoms with Gasteiger partial charge in [0.1, 0.15) is 5.78 Å². The third kappa shape index (κ3) is 6.78. The Balaban J connectivity index is 1.37. The number of fused-ring (bicyclic) bond motifs is 1. The van der Waals surface area contributed by atoms with Gasteiger partial charge >= 0.3 is 0 Å². The molecule has 3 saturated carbocycles. The molecular weight excluding hydrogens is 330 g/mol. The van der Waals surface area contributed by atoms with Crippen molar-refractivity contribution in [1.82, 2.24) is 0 Å². The summed E-state index contributed by atoms with van der Waals surface area (Å²) in [5.74, 6) is 1.10. The second-order valence-electron chi connectivity index (χ2n) is 9.11. The molecule has 0 aromatic heterocycles. The molecule has 27 heavy (non-hydrogen) atoms. The molecule has 0 amide bonds. The molecule has 0 spiro atoms. The number of rotatable bonds is 16. The second kappa shape index (κ2) is 12.4. The van der Waals surface area contributed by atoms with Crippen molar-refractivity contribution in [3.63, 3.8) is 0 Å². The molecule has 3 aliphatic carbocycles. The highest BCUT2D eigenvalue weighted by molar-refractivity contribution is 5.87. The van der Waals surface area contributed by atoms with Crippen LogP contribution < -0.4 is 0 Å². The molecule has 1 atom stereocenters. The first-order valence-corrected chi connectivity index (χ1v) is 11.8. The monoisotopic (exact) mass is 371 g/mol. The van der Waals surface area contributed by atoms with Crippen molar-refractivity contribution in [2.45, 2.75) is 116 Å². The molecule has 2 nitrogen and oxygen atoms in total. The molecule has 0 aromatic rings. The van der Waals surface area contributed by atoms with E-state index >= 15 is 0 Å². The van der Waals surface area contributed by atoms with Crippen molar-refractivity contribution in [3.05, 3.63) is 12.2 Å². The maximum atomic E-state index is 12.5. The van der Waals surface area contributed by atoms with Gasteiger partial charge in [-0.15, -0.1) is 0 Å². The molecule has 0 heterocycles. The highest BCUT2D eigenvalue weighted by Gasteiger charge is 2.61. The van der Waals surface area contributed by atoms with Crippen LogP contribution in [-0.2, 0) is 4.79 Å². The van der Waals surface area contributed by atoms with Gasteiger partial charge in [0.05, 0.1) is 12.0 Å². The van der Waals surface area contributed by atoms with Gasteiger partial charge in [-0.3, -0.25) is 4.79 Å². The van der Waals surface area contributed by atoms with Crippen LogP contribution in [0.1, 0.15) is 116 Å². The quantitative estimate of drug-likeness (QED) is 0.208. The lowest BCUT2D eigenvalue weighted by molar-refractivity contribution is -0.134. The summed E-state index contributed by atoms with van der Waals surface area (Å²) in [7, 11) is 0. The molecule has 0 aromatic carbocycles. The lowest BCUT2D eigenvalue weighted by Gasteiger charge is -2.38. The van der Waals surface area contributed by atoms with Crippen LogP contribution in [0.15, 0.2) is 12.2 Å². The van der Waals surface area contributed by atoms with E-state index < -0.39 is 0 Å². The smallest absolute Gasteiger partial charge is 0.140 e. The summed E-state index contributed by atoms with van der Waals surface area (Å²) in [5.41, 5.74) is -0.208. The fraction of sp³-hybridized carbons (Fsp3) is 0.840. The van der Waals surface area contributed by atoms with E-state index in [0.717, 1.165) is 25.7 Å². The fourth-order valence-corrected chi connectivity index (χ4v) is 5.18. The number of carbonyl (C=O) groups excluding carboxylic acids is 1. The van der Waals surface area contributed by atoms with E-state index in [1.165, 1.54) is 77.0 Å². The second-order valence-corrected chi connectivity index (χ2v) is 9.11. The molecule has 0 radical (unpaired) electrons. The predicted octanol–water partition coefficient (Wildman–Crippen LogP) is 7.53. The number of nitriles is 1. The average molecular weight is 372 g/mol. The van der Waals surface area contributed by atoms with Crippen LogP contribution in [0, 0.1) is 28.6 Å². The number of Topliss-reactive ketones (excluding diaryl/α,β-unsaturated/α-hetero) is 1. The summed E-state index contributed by atoms with van der Waals surface area (Å²) in [6.45, 7) is 2.27. The number of allylic oxidation sites excluding steroid dienone is 2. The number of unbranched alkanes of at least 4 members (excludes halogenated alkanes) is 11. The van der Waals surface area contributed by atoms with Crippen molar-refractivity contribution in [3.8, 4) is 6.07 Å². The normalized spacial score (nSPS) is 26.2. The summed E-state index contributed by atoms with van der Waals surface area (Å²) in [6, 6.07) is 2.40. The van der Waals surface area contributed by atoms with E-state index in [1.54, 1.807) is 0 Å². The average Bonchev–Trinajstić information content (AvgIpc) is 3.20. The van der Waals surface area contributed by atoms with E-state index in [0.29, 0.717) is 18.1 Å². The van der Waals surface area contributed by atoms with E-state index in [2.05, 4.69) is 25.1 Å². The van der Waals surface area contributed by atoms with Crippen LogP contribution in [-0.4, -0.2) is 5.78 Å². The van der Waals surface area contributed by atoms with Crippen LogP contribution in [0.5, 0.6) is 0 Å². The van der Waals surface area contributed by atoms with Gasteiger partial charge < -0.3 is 0 Å². The Morgan fingerprint density at radius 3 is 2.07 bits per heavy atom. The fourth-order valence-electron chi connectivity index (χ4n) is 5.18. The molecule has 3 rings (SSSR count). The van der Waals surface area contributed by atoms with Gasteiger partial charge in [0.25, 0.3) is 0 Å². The standard InChI is InChI=1S/C25H41NO/c1-2-3-4-5-6-7-8-9-10-11-12-13-14-15-16-17-24(27)25-19-22(20-25)18-23(25)21-26/h9-10,22-23H,2-8,11-20H2,1H3/b10-9+. The van der Waals surface area contributed by atoms with Crippen molar-refractivity contribution in [2.75, 3.05) is 0 Å². The molecular formula is C25H41NO. The van der Waals surface area contributed by atoms with Crippen LogP contribution >= 0.6 is 0 Å². The Labute approximate surface area is 167 Å². The molecule has 2 heteroatoms. The van der Waals surface area contributed by atoms with Gasteiger partial charge in [-0.1, -0.05) is 70.4 Å². The molecule has 0 saturated heterocycles. The number of nitrogens with zero attached hydrogens (tertiary/aromatic N) is 1. The van der Waals surface area contributed by atoms with Crippen LogP contribution in [0.2, 0.25) is 0 Å². The topological polar surface area (TPSA) is 40.9 Å².